The maximum atomic E-state index is 12.0. The van der Waals surface area contributed by atoms with Crippen LogP contribution in [0.1, 0.15) is 16.7 Å². The molecule has 0 heterocycles. The standard InChI is InChI=1S/C23H21BrN4O3/c1-15-5-3-6-16(2)23(15)31-14-22(30)28-25-13-17-11-20(9-10-21(17)29)27-26-19-8-4-7-18(24)12-19/h3-13,29H,14H2,1-2H3,(H,28,30)/b25-13-,27-26?. The van der Waals surface area contributed by atoms with Crippen LogP contribution in [0.25, 0.3) is 0 Å². The van der Waals surface area contributed by atoms with Gasteiger partial charge in [-0.05, 0) is 61.4 Å². The van der Waals surface area contributed by atoms with Crippen molar-refractivity contribution in [1.82, 2.24) is 5.43 Å². The molecule has 0 bridgehead atoms. The molecule has 8 heteroatoms. The number of ether oxygens (including phenoxy) is 1. The van der Waals surface area contributed by atoms with E-state index in [1.165, 1.54) is 12.3 Å². The Balaban J connectivity index is 1.60. The van der Waals surface area contributed by atoms with E-state index in [4.69, 9.17) is 4.74 Å². The van der Waals surface area contributed by atoms with Crippen molar-refractivity contribution < 1.29 is 14.6 Å². The molecule has 3 aromatic carbocycles. The number of phenols is 1. The Morgan fingerprint density at radius 1 is 1.03 bits per heavy atom. The molecule has 0 aliphatic rings. The third-order valence-corrected chi connectivity index (χ3v) is 4.74. The predicted octanol–water partition coefficient (Wildman–Crippen LogP) is 5.72. The van der Waals surface area contributed by atoms with Crippen molar-refractivity contribution in [3.63, 3.8) is 0 Å². The van der Waals surface area contributed by atoms with Crippen LogP contribution in [0, 0.1) is 13.8 Å². The molecule has 0 aromatic heterocycles. The van der Waals surface area contributed by atoms with Crippen LogP contribution >= 0.6 is 15.9 Å². The molecule has 0 saturated carbocycles. The summed E-state index contributed by atoms with van der Waals surface area (Å²) in [6, 6.07) is 17.9. The molecule has 158 valence electrons. The van der Waals surface area contributed by atoms with Crippen molar-refractivity contribution in [2.24, 2.45) is 15.3 Å². The number of nitrogens with one attached hydrogen (secondary N) is 1. The van der Waals surface area contributed by atoms with Gasteiger partial charge in [-0.1, -0.05) is 40.2 Å². The van der Waals surface area contributed by atoms with Crippen LogP contribution in [-0.2, 0) is 4.79 Å². The van der Waals surface area contributed by atoms with E-state index in [9.17, 15) is 9.90 Å². The molecular formula is C23H21BrN4O3. The lowest BCUT2D eigenvalue weighted by atomic mass is 10.1. The van der Waals surface area contributed by atoms with Gasteiger partial charge in [0.15, 0.2) is 6.61 Å². The summed E-state index contributed by atoms with van der Waals surface area (Å²) in [5.74, 6) is 0.276. The van der Waals surface area contributed by atoms with E-state index in [2.05, 4.69) is 36.7 Å². The summed E-state index contributed by atoms with van der Waals surface area (Å²) in [7, 11) is 0. The van der Waals surface area contributed by atoms with Crippen molar-refractivity contribution in [2.75, 3.05) is 6.61 Å². The minimum Gasteiger partial charge on any atom is -0.507 e. The van der Waals surface area contributed by atoms with Crippen molar-refractivity contribution in [2.45, 2.75) is 13.8 Å². The lowest BCUT2D eigenvalue weighted by molar-refractivity contribution is -0.123. The van der Waals surface area contributed by atoms with Crippen LogP contribution in [0.15, 0.2) is 80.5 Å². The molecule has 0 atom stereocenters. The van der Waals surface area contributed by atoms with Crippen LogP contribution in [0.5, 0.6) is 11.5 Å². The summed E-state index contributed by atoms with van der Waals surface area (Å²) >= 11 is 3.39. The Bertz CT molecular complexity index is 1130. The fraction of sp³-hybridized carbons (Fsp3) is 0.130. The molecule has 1 amide bonds. The van der Waals surface area contributed by atoms with Gasteiger partial charge in [0, 0.05) is 10.0 Å². The van der Waals surface area contributed by atoms with Crippen molar-refractivity contribution in [3.05, 3.63) is 81.8 Å². The second-order valence-electron chi connectivity index (χ2n) is 6.73. The summed E-state index contributed by atoms with van der Waals surface area (Å²) in [6.07, 6.45) is 1.34. The largest absolute Gasteiger partial charge is 0.507 e. The highest BCUT2D eigenvalue weighted by atomic mass is 79.9. The number of hydrazone groups is 1. The molecule has 0 saturated heterocycles. The minimum absolute atomic E-state index is 0.00573. The molecule has 0 radical (unpaired) electrons. The second-order valence-corrected chi connectivity index (χ2v) is 7.64. The number of phenolic OH excluding ortho intramolecular Hbond substituents is 1. The summed E-state index contributed by atoms with van der Waals surface area (Å²) in [5.41, 5.74) is 5.90. The monoisotopic (exact) mass is 480 g/mol. The number of aryl methyl sites for hydroxylation is 2. The average Bonchev–Trinajstić information content (AvgIpc) is 2.74. The van der Waals surface area contributed by atoms with Gasteiger partial charge < -0.3 is 9.84 Å². The Morgan fingerprint density at radius 2 is 1.71 bits per heavy atom. The van der Waals surface area contributed by atoms with Crippen LogP contribution < -0.4 is 10.2 Å². The van der Waals surface area contributed by atoms with Gasteiger partial charge in [0.1, 0.15) is 11.5 Å². The molecule has 3 rings (SSSR count). The van der Waals surface area contributed by atoms with Gasteiger partial charge in [0.2, 0.25) is 0 Å². The van der Waals surface area contributed by atoms with Crippen molar-refractivity contribution >= 4 is 39.4 Å². The smallest absolute Gasteiger partial charge is 0.277 e. The molecule has 0 aliphatic heterocycles. The number of carbonyl (C=O) groups excluding carboxylic acids is 1. The minimum atomic E-state index is -0.413. The number of hydrogen-bond acceptors (Lipinski definition) is 6. The first kappa shape index (κ1) is 22.2. The number of benzene rings is 3. The zero-order valence-corrected chi connectivity index (χ0v) is 18.6. The van der Waals surface area contributed by atoms with Crippen LogP contribution in [0.3, 0.4) is 0 Å². The summed E-state index contributed by atoms with van der Waals surface area (Å²) in [5, 5.41) is 22.2. The van der Waals surface area contributed by atoms with E-state index < -0.39 is 5.91 Å². The number of azo groups is 1. The fourth-order valence-electron chi connectivity index (χ4n) is 2.73. The van der Waals surface area contributed by atoms with Crippen LogP contribution in [0.2, 0.25) is 0 Å². The zero-order chi connectivity index (χ0) is 22.2. The van der Waals surface area contributed by atoms with Gasteiger partial charge in [-0.2, -0.15) is 15.3 Å². The molecular weight excluding hydrogens is 460 g/mol. The Morgan fingerprint density at radius 3 is 2.42 bits per heavy atom. The normalized spacial score (nSPS) is 11.2. The van der Waals surface area contributed by atoms with E-state index in [0.717, 1.165) is 15.6 Å². The lowest BCUT2D eigenvalue weighted by Gasteiger charge is -2.10. The number of halogens is 1. The highest BCUT2D eigenvalue weighted by molar-refractivity contribution is 9.10. The van der Waals surface area contributed by atoms with Gasteiger partial charge in [0.05, 0.1) is 17.6 Å². The van der Waals surface area contributed by atoms with Crippen LogP contribution in [0.4, 0.5) is 11.4 Å². The van der Waals surface area contributed by atoms with Crippen molar-refractivity contribution in [1.29, 1.82) is 0 Å². The fourth-order valence-corrected chi connectivity index (χ4v) is 3.12. The van der Waals surface area contributed by atoms with E-state index in [1.54, 1.807) is 12.1 Å². The molecule has 0 spiro atoms. The Hall–Kier alpha value is -3.52. The highest BCUT2D eigenvalue weighted by Gasteiger charge is 2.07. The third-order valence-electron chi connectivity index (χ3n) is 4.25. The topological polar surface area (TPSA) is 95.6 Å². The van der Waals surface area contributed by atoms with Gasteiger partial charge in [-0.25, -0.2) is 5.43 Å². The molecule has 3 aromatic rings. The first-order valence-corrected chi connectivity index (χ1v) is 10.2. The SMILES string of the molecule is Cc1cccc(C)c1OCC(=O)N/N=C\c1cc(N=Nc2cccc(Br)c2)ccc1O. The predicted molar refractivity (Wildman–Crippen MR) is 124 cm³/mol. The van der Waals surface area contributed by atoms with Gasteiger partial charge in [-0.15, -0.1) is 0 Å². The molecule has 0 aliphatic carbocycles. The third kappa shape index (κ3) is 6.48. The summed E-state index contributed by atoms with van der Waals surface area (Å²) in [4.78, 5) is 12.0. The van der Waals surface area contributed by atoms with E-state index >= 15 is 0 Å². The quantitative estimate of drug-likeness (QED) is 0.257. The van der Waals surface area contributed by atoms with Crippen molar-refractivity contribution in [3.8, 4) is 11.5 Å². The molecule has 7 nitrogen and oxygen atoms in total. The van der Waals surface area contributed by atoms with E-state index in [1.807, 2.05) is 56.3 Å². The number of hydrogen-bond donors (Lipinski definition) is 2. The van der Waals surface area contributed by atoms with Gasteiger partial charge in [0.25, 0.3) is 5.91 Å². The summed E-state index contributed by atoms with van der Waals surface area (Å²) in [6.45, 7) is 3.67. The first-order chi connectivity index (χ1) is 14.9. The highest BCUT2D eigenvalue weighted by Crippen LogP contribution is 2.25. The first-order valence-electron chi connectivity index (χ1n) is 9.43. The summed E-state index contributed by atoms with van der Waals surface area (Å²) < 4.78 is 6.49. The lowest BCUT2D eigenvalue weighted by Crippen LogP contribution is -2.25. The second kappa shape index (κ2) is 10.5. The Labute approximate surface area is 188 Å². The van der Waals surface area contributed by atoms with Gasteiger partial charge >= 0.3 is 0 Å². The maximum Gasteiger partial charge on any atom is 0.277 e. The number of nitrogens with zero attached hydrogens (tertiary/aromatic N) is 3. The van der Waals surface area contributed by atoms with Gasteiger partial charge in [-0.3, -0.25) is 4.79 Å². The number of aromatic hydroxyl groups is 1. The van der Waals surface area contributed by atoms with E-state index in [0.29, 0.717) is 22.7 Å². The zero-order valence-electron chi connectivity index (χ0n) is 17.0. The Kier molecular flexibility index (Phi) is 7.50. The number of carbonyl (C=O) groups is 1. The molecule has 0 unspecified atom stereocenters. The van der Waals surface area contributed by atoms with Crippen LogP contribution in [-0.4, -0.2) is 23.8 Å². The number of para-hydroxylation sites is 1. The molecule has 0 fully saturated rings. The average molecular weight is 481 g/mol. The molecule has 31 heavy (non-hydrogen) atoms. The number of rotatable bonds is 7. The number of amides is 1. The van der Waals surface area contributed by atoms with E-state index in [-0.39, 0.29) is 12.4 Å². The molecule has 2 N–H and O–H groups in total. The maximum absolute atomic E-state index is 12.0.